The second kappa shape index (κ2) is 4.49. The van der Waals surface area contributed by atoms with Gasteiger partial charge in [-0.3, -0.25) is 4.79 Å². The lowest BCUT2D eigenvalue weighted by Gasteiger charge is -2.37. The van der Waals surface area contributed by atoms with Gasteiger partial charge in [-0.15, -0.1) is 0 Å². The van der Waals surface area contributed by atoms with Gasteiger partial charge in [0, 0.05) is 26.2 Å². The van der Waals surface area contributed by atoms with Gasteiger partial charge in [-0.05, 0) is 25.0 Å². The number of carbonyl (C=O) groups excluding carboxylic acids is 1. The Morgan fingerprint density at radius 1 is 1.16 bits per heavy atom. The molecule has 1 N–H and O–H groups in total. The average Bonchev–Trinajstić information content (AvgIpc) is 3.18. The summed E-state index contributed by atoms with van der Waals surface area (Å²) in [5.41, 5.74) is -0.514. The maximum Gasteiger partial charge on any atom is 0.254 e. The van der Waals surface area contributed by atoms with Crippen molar-refractivity contribution in [1.29, 1.82) is 0 Å². The molecule has 4 nitrogen and oxygen atoms in total. The Labute approximate surface area is 111 Å². The lowest BCUT2D eigenvalue weighted by molar-refractivity contribution is -0.142. The zero-order chi connectivity index (χ0) is 13.5. The molecule has 0 unspecified atom stereocenters. The Bertz CT molecular complexity index is 494. The smallest absolute Gasteiger partial charge is 0.254 e. The van der Waals surface area contributed by atoms with Crippen molar-refractivity contribution in [3.8, 4) is 0 Å². The summed E-state index contributed by atoms with van der Waals surface area (Å²) in [4.78, 5) is 15.6. The minimum absolute atomic E-state index is 0.166. The van der Waals surface area contributed by atoms with Crippen LogP contribution < -0.4 is 4.90 Å². The molecule has 1 aliphatic heterocycles. The highest BCUT2D eigenvalue weighted by Gasteiger charge is 2.50. The number of benzene rings is 1. The zero-order valence-corrected chi connectivity index (χ0v) is 10.7. The van der Waals surface area contributed by atoms with Gasteiger partial charge in [0.15, 0.2) is 0 Å². The highest BCUT2D eigenvalue weighted by Crippen LogP contribution is 2.37. The number of halogens is 1. The van der Waals surface area contributed by atoms with Crippen LogP contribution in [0.2, 0.25) is 0 Å². The number of hydrogen-bond donors (Lipinski definition) is 1. The third kappa shape index (κ3) is 2.30. The first kappa shape index (κ1) is 12.4. The Kier molecular flexibility index (Phi) is 2.93. The molecule has 1 aliphatic carbocycles. The minimum atomic E-state index is -1.10. The van der Waals surface area contributed by atoms with E-state index in [4.69, 9.17) is 0 Å². The van der Waals surface area contributed by atoms with Gasteiger partial charge in [0.25, 0.3) is 5.91 Å². The number of anilines is 1. The molecule has 19 heavy (non-hydrogen) atoms. The number of aliphatic hydroxyl groups is 1. The highest BCUT2D eigenvalue weighted by molar-refractivity contribution is 5.88. The summed E-state index contributed by atoms with van der Waals surface area (Å²) in [7, 11) is 0. The van der Waals surface area contributed by atoms with Gasteiger partial charge in [0.1, 0.15) is 11.4 Å². The second-order valence-corrected chi connectivity index (χ2v) is 5.26. The first-order valence-electron chi connectivity index (χ1n) is 6.61. The standard InChI is InChI=1S/C14H17FN2O2/c15-11-3-1-2-4-12(11)16-7-9-17(10-8-16)13(18)14(19)5-6-14/h1-4,19H,5-10H2. The van der Waals surface area contributed by atoms with E-state index in [1.807, 2.05) is 11.0 Å². The molecule has 102 valence electrons. The number of hydrogen-bond acceptors (Lipinski definition) is 3. The third-order valence-corrected chi connectivity index (χ3v) is 3.88. The van der Waals surface area contributed by atoms with Crippen LogP contribution in [0.15, 0.2) is 24.3 Å². The first-order valence-corrected chi connectivity index (χ1v) is 6.61. The molecule has 1 amide bonds. The van der Waals surface area contributed by atoms with E-state index >= 15 is 0 Å². The van der Waals surface area contributed by atoms with Crippen molar-refractivity contribution in [2.75, 3.05) is 31.1 Å². The monoisotopic (exact) mass is 264 g/mol. The Morgan fingerprint density at radius 3 is 2.37 bits per heavy atom. The van der Waals surface area contributed by atoms with Crippen molar-refractivity contribution in [3.05, 3.63) is 30.1 Å². The molecule has 0 radical (unpaired) electrons. The molecule has 0 atom stereocenters. The van der Waals surface area contributed by atoms with Gasteiger partial charge in [-0.1, -0.05) is 12.1 Å². The number of nitrogens with zero attached hydrogens (tertiary/aromatic N) is 2. The molecule has 3 rings (SSSR count). The molecule has 2 fully saturated rings. The van der Waals surface area contributed by atoms with E-state index in [1.54, 1.807) is 17.0 Å². The fourth-order valence-corrected chi connectivity index (χ4v) is 2.49. The first-order chi connectivity index (χ1) is 9.10. The van der Waals surface area contributed by atoms with E-state index in [0.29, 0.717) is 44.7 Å². The van der Waals surface area contributed by atoms with E-state index in [1.165, 1.54) is 6.07 Å². The Hall–Kier alpha value is -1.62. The van der Waals surface area contributed by atoms with E-state index < -0.39 is 5.60 Å². The van der Waals surface area contributed by atoms with Gasteiger partial charge >= 0.3 is 0 Å². The van der Waals surface area contributed by atoms with Crippen molar-refractivity contribution < 1.29 is 14.3 Å². The molecule has 1 saturated heterocycles. The molecule has 0 spiro atoms. The number of rotatable bonds is 2. The third-order valence-electron chi connectivity index (χ3n) is 3.88. The van der Waals surface area contributed by atoms with Crippen molar-refractivity contribution >= 4 is 11.6 Å². The van der Waals surface area contributed by atoms with Crippen LogP contribution in [0.3, 0.4) is 0 Å². The molecule has 0 aromatic heterocycles. The molecular formula is C14H17FN2O2. The Balaban J connectivity index is 1.64. The van der Waals surface area contributed by atoms with E-state index in [2.05, 4.69) is 0 Å². The van der Waals surface area contributed by atoms with Crippen LogP contribution in [0.1, 0.15) is 12.8 Å². The summed E-state index contributed by atoms with van der Waals surface area (Å²) in [6.45, 7) is 2.27. The molecule has 1 aromatic rings. The quantitative estimate of drug-likeness (QED) is 0.866. The van der Waals surface area contributed by atoms with E-state index in [9.17, 15) is 14.3 Å². The van der Waals surface area contributed by atoms with E-state index in [0.717, 1.165) is 0 Å². The van der Waals surface area contributed by atoms with Crippen LogP contribution in [-0.2, 0) is 4.79 Å². The van der Waals surface area contributed by atoms with Crippen molar-refractivity contribution in [2.24, 2.45) is 0 Å². The predicted molar refractivity (Wildman–Crippen MR) is 69.4 cm³/mol. The number of amides is 1. The van der Waals surface area contributed by atoms with E-state index in [-0.39, 0.29) is 11.7 Å². The van der Waals surface area contributed by atoms with Crippen LogP contribution in [0.25, 0.3) is 0 Å². The van der Waals surface area contributed by atoms with Crippen LogP contribution in [0, 0.1) is 5.82 Å². The molecule has 2 aliphatic rings. The summed E-state index contributed by atoms with van der Waals surface area (Å²) in [6, 6.07) is 6.67. The van der Waals surface area contributed by atoms with Crippen molar-refractivity contribution in [3.63, 3.8) is 0 Å². The molecule has 1 aromatic carbocycles. The van der Waals surface area contributed by atoms with Gasteiger partial charge < -0.3 is 14.9 Å². The predicted octanol–water partition coefficient (Wildman–Crippen LogP) is 0.999. The lowest BCUT2D eigenvalue weighted by atomic mass is 10.2. The summed E-state index contributed by atoms with van der Waals surface area (Å²) in [6.07, 6.45) is 1.14. The molecule has 1 saturated carbocycles. The SMILES string of the molecule is O=C(N1CCN(c2ccccc2F)CC1)C1(O)CC1. The maximum absolute atomic E-state index is 13.7. The highest BCUT2D eigenvalue weighted by atomic mass is 19.1. The van der Waals surface area contributed by atoms with Gasteiger partial charge in [0.05, 0.1) is 5.69 Å². The van der Waals surface area contributed by atoms with Crippen LogP contribution in [0.5, 0.6) is 0 Å². The number of piperazine rings is 1. The van der Waals surface area contributed by atoms with Crippen LogP contribution in [0.4, 0.5) is 10.1 Å². The molecule has 5 heteroatoms. The second-order valence-electron chi connectivity index (χ2n) is 5.26. The number of para-hydroxylation sites is 1. The fraction of sp³-hybridized carbons (Fsp3) is 0.500. The average molecular weight is 264 g/mol. The van der Waals surface area contributed by atoms with Gasteiger partial charge in [-0.2, -0.15) is 0 Å². The Morgan fingerprint density at radius 2 is 1.79 bits per heavy atom. The maximum atomic E-state index is 13.7. The molecule has 1 heterocycles. The lowest BCUT2D eigenvalue weighted by Crippen LogP contribution is -2.52. The normalized spacial score (nSPS) is 21.4. The summed E-state index contributed by atoms with van der Waals surface area (Å²) in [5.74, 6) is -0.399. The zero-order valence-electron chi connectivity index (χ0n) is 10.7. The molecule has 0 bridgehead atoms. The van der Waals surface area contributed by atoms with Gasteiger partial charge in [-0.25, -0.2) is 4.39 Å². The summed E-state index contributed by atoms with van der Waals surface area (Å²) < 4.78 is 13.7. The molecular weight excluding hydrogens is 247 g/mol. The van der Waals surface area contributed by atoms with Crippen LogP contribution in [-0.4, -0.2) is 47.7 Å². The summed E-state index contributed by atoms with van der Waals surface area (Å²) >= 11 is 0. The largest absolute Gasteiger partial charge is 0.380 e. The minimum Gasteiger partial charge on any atom is -0.380 e. The van der Waals surface area contributed by atoms with Crippen molar-refractivity contribution in [1.82, 2.24) is 4.90 Å². The number of carbonyl (C=O) groups is 1. The topological polar surface area (TPSA) is 43.8 Å². The fourth-order valence-electron chi connectivity index (χ4n) is 2.49. The van der Waals surface area contributed by atoms with Crippen LogP contribution >= 0.6 is 0 Å². The van der Waals surface area contributed by atoms with Crippen molar-refractivity contribution in [2.45, 2.75) is 18.4 Å². The summed E-state index contributed by atoms with van der Waals surface area (Å²) in [5, 5.41) is 9.81. The van der Waals surface area contributed by atoms with Gasteiger partial charge in [0.2, 0.25) is 0 Å².